The van der Waals surface area contributed by atoms with Gasteiger partial charge in [0.15, 0.2) is 0 Å². The van der Waals surface area contributed by atoms with Crippen LogP contribution in [0.3, 0.4) is 0 Å². The first-order valence-electron chi connectivity index (χ1n) is 8.52. The highest BCUT2D eigenvalue weighted by Crippen LogP contribution is 2.34. The lowest BCUT2D eigenvalue weighted by Gasteiger charge is -2.09. The van der Waals surface area contributed by atoms with Crippen molar-refractivity contribution in [2.75, 3.05) is 0 Å². The number of hydrogen-bond donors (Lipinski definition) is 3. The maximum absolute atomic E-state index is 12.2. The van der Waals surface area contributed by atoms with E-state index in [1.165, 1.54) is 5.56 Å². The molecule has 0 fully saturated rings. The van der Waals surface area contributed by atoms with E-state index in [0.29, 0.717) is 18.2 Å². The number of benzene rings is 2. The van der Waals surface area contributed by atoms with Gasteiger partial charge in [-0.25, -0.2) is 5.48 Å². The van der Waals surface area contributed by atoms with Crippen molar-refractivity contribution in [2.24, 2.45) is 0 Å². The zero-order valence-corrected chi connectivity index (χ0v) is 14.3. The molecule has 1 aliphatic rings. The van der Waals surface area contributed by atoms with E-state index in [0.717, 1.165) is 34.3 Å². The third-order valence-corrected chi connectivity index (χ3v) is 4.51. The molecule has 5 heteroatoms. The van der Waals surface area contributed by atoms with Crippen molar-refractivity contribution in [3.05, 3.63) is 59.2 Å². The van der Waals surface area contributed by atoms with Crippen LogP contribution in [-0.2, 0) is 18.0 Å². The largest absolute Gasteiger partial charge is 0.354 e. The summed E-state index contributed by atoms with van der Waals surface area (Å²) in [5.74, 6) is -0.204. The van der Waals surface area contributed by atoms with E-state index in [1.54, 1.807) is 0 Å². The average Bonchev–Trinajstić information content (AvgIpc) is 2.89. The molecule has 0 unspecified atom stereocenters. The molecule has 3 aromatic rings. The van der Waals surface area contributed by atoms with Crippen molar-refractivity contribution in [1.82, 2.24) is 15.8 Å². The van der Waals surface area contributed by atoms with E-state index in [9.17, 15) is 4.79 Å². The minimum Gasteiger partial charge on any atom is -0.354 e. The number of H-pyrrole nitrogens is 1. The van der Waals surface area contributed by atoms with Gasteiger partial charge < -0.3 is 10.3 Å². The van der Waals surface area contributed by atoms with Gasteiger partial charge in [-0.1, -0.05) is 44.2 Å². The van der Waals surface area contributed by atoms with Crippen molar-refractivity contribution in [3.63, 3.8) is 0 Å². The Morgan fingerprint density at radius 2 is 1.96 bits per heavy atom. The Bertz CT molecular complexity index is 926. The quantitative estimate of drug-likeness (QED) is 0.683. The van der Waals surface area contributed by atoms with Gasteiger partial charge in [-0.3, -0.25) is 9.63 Å². The van der Waals surface area contributed by atoms with E-state index < -0.39 is 0 Å². The Balaban J connectivity index is 1.75. The van der Waals surface area contributed by atoms with Crippen LogP contribution in [0.5, 0.6) is 0 Å². The smallest absolute Gasteiger partial charge is 0.275 e. The Morgan fingerprint density at radius 1 is 1.16 bits per heavy atom. The second-order valence-corrected chi connectivity index (χ2v) is 6.66. The van der Waals surface area contributed by atoms with Crippen molar-refractivity contribution in [1.29, 1.82) is 0 Å². The summed E-state index contributed by atoms with van der Waals surface area (Å²) in [5.41, 5.74) is 8.43. The first-order chi connectivity index (χ1) is 12.1. The molecule has 1 aromatic heterocycles. The van der Waals surface area contributed by atoms with Gasteiger partial charge in [0.25, 0.3) is 5.91 Å². The minimum atomic E-state index is -0.204. The molecule has 4 rings (SSSR count). The Kier molecular flexibility index (Phi) is 4.03. The predicted octanol–water partition coefficient (Wildman–Crippen LogP) is 3.51. The van der Waals surface area contributed by atoms with Crippen LogP contribution in [0.2, 0.25) is 0 Å². The van der Waals surface area contributed by atoms with Gasteiger partial charge in [0.2, 0.25) is 0 Å². The lowest BCUT2D eigenvalue weighted by Crippen LogP contribution is -2.21. The van der Waals surface area contributed by atoms with Gasteiger partial charge in [0, 0.05) is 29.1 Å². The molecule has 0 atom stereocenters. The zero-order valence-electron chi connectivity index (χ0n) is 14.3. The third-order valence-electron chi connectivity index (χ3n) is 4.51. The van der Waals surface area contributed by atoms with Gasteiger partial charge in [-0.15, -0.1) is 0 Å². The molecule has 0 saturated carbocycles. The summed E-state index contributed by atoms with van der Waals surface area (Å²) in [5, 5.41) is 4.36. The van der Waals surface area contributed by atoms with Gasteiger partial charge in [0.05, 0.1) is 11.3 Å². The monoisotopic (exact) mass is 335 g/mol. The fourth-order valence-corrected chi connectivity index (χ4v) is 3.24. The molecule has 1 aliphatic heterocycles. The molecule has 5 nitrogen and oxygen atoms in total. The zero-order chi connectivity index (χ0) is 17.4. The summed E-state index contributed by atoms with van der Waals surface area (Å²) in [6.07, 6.45) is 0. The summed E-state index contributed by atoms with van der Waals surface area (Å²) >= 11 is 0. The van der Waals surface area contributed by atoms with Crippen molar-refractivity contribution in [3.8, 4) is 11.3 Å². The topological polar surface area (TPSA) is 66.2 Å². The van der Waals surface area contributed by atoms with Crippen LogP contribution in [0, 0.1) is 0 Å². The molecular weight excluding hydrogens is 314 g/mol. The lowest BCUT2D eigenvalue weighted by molar-refractivity contribution is 0.0256. The molecule has 0 radical (unpaired) electrons. The number of hydrogen-bond acceptors (Lipinski definition) is 3. The summed E-state index contributed by atoms with van der Waals surface area (Å²) in [4.78, 5) is 21.0. The fourth-order valence-electron chi connectivity index (χ4n) is 3.24. The number of aromatic nitrogens is 1. The molecule has 0 aliphatic carbocycles. The van der Waals surface area contributed by atoms with Crippen LogP contribution in [0.25, 0.3) is 22.2 Å². The molecule has 25 heavy (non-hydrogen) atoms. The number of amides is 1. The number of hydroxylamine groups is 1. The Morgan fingerprint density at radius 3 is 2.72 bits per heavy atom. The number of rotatable bonds is 4. The second kappa shape index (κ2) is 6.35. The molecular formula is C20H21N3O2. The number of nitrogens with one attached hydrogen (secondary N) is 3. The minimum absolute atomic E-state index is 0.204. The van der Waals surface area contributed by atoms with Crippen LogP contribution in [0.15, 0.2) is 42.5 Å². The second-order valence-electron chi connectivity index (χ2n) is 6.66. The van der Waals surface area contributed by atoms with Crippen molar-refractivity contribution < 1.29 is 9.63 Å². The Labute approximate surface area is 146 Å². The van der Waals surface area contributed by atoms with Gasteiger partial charge in [0.1, 0.15) is 6.61 Å². The maximum atomic E-state index is 12.2. The number of carbonyl (C=O) groups is 1. The van der Waals surface area contributed by atoms with Gasteiger partial charge >= 0.3 is 0 Å². The SMILES string of the molecule is CC(C)NCc1ccc(-c2[nH]c3cccc4c3c2CONC4=O)cc1. The molecule has 2 aromatic carbocycles. The average molecular weight is 335 g/mol. The third kappa shape index (κ3) is 2.92. The number of aromatic amines is 1. The summed E-state index contributed by atoms with van der Waals surface area (Å²) < 4.78 is 0. The van der Waals surface area contributed by atoms with Crippen LogP contribution in [-0.4, -0.2) is 16.9 Å². The van der Waals surface area contributed by atoms with Crippen LogP contribution in [0.1, 0.15) is 35.3 Å². The van der Waals surface area contributed by atoms with E-state index in [-0.39, 0.29) is 5.91 Å². The first-order valence-corrected chi connectivity index (χ1v) is 8.52. The standard InChI is InChI=1S/C20H21N3O2/c1-12(2)21-10-13-6-8-14(9-7-13)19-16-11-25-23-20(24)15-4-3-5-17(22-19)18(15)16/h3-9,12,21-22H,10-11H2,1-2H3,(H,23,24). The Hall–Kier alpha value is -2.63. The highest BCUT2D eigenvalue weighted by molar-refractivity contribution is 6.09. The van der Waals surface area contributed by atoms with Crippen molar-refractivity contribution >= 4 is 16.8 Å². The molecule has 128 valence electrons. The summed E-state index contributed by atoms with van der Waals surface area (Å²) in [6, 6.07) is 14.6. The first kappa shape index (κ1) is 15.9. The molecule has 0 saturated heterocycles. The van der Waals surface area contributed by atoms with E-state index in [4.69, 9.17) is 4.84 Å². The maximum Gasteiger partial charge on any atom is 0.275 e. The van der Waals surface area contributed by atoms with Crippen LogP contribution < -0.4 is 10.8 Å². The number of carbonyl (C=O) groups excluding carboxylic acids is 1. The fraction of sp³-hybridized carbons (Fsp3) is 0.250. The highest BCUT2D eigenvalue weighted by Gasteiger charge is 2.22. The van der Waals surface area contributed by atoms with Gasteiger partial charge in [-0.2, -0.15) is 0 Å². The van der Waals surface area contributed by atoms with E-state index in [2.05, 4.69) is 53.9 Å². The normalized spacial score (nSPS) is 14.0. The lowest BCUT2D eigenvalue weighted by atomic mass is 10.0. The van der Waals surface area contributed by atoms with Crippen molar-refractivity contribution in [2.45, 2.75) is 33.0 Å². The highest BCUT2D eigenvalue weighted by atomic mass is 16.6. The molecule has 1 amide bonds. The van der Waals surface area contributed by atoms with Crippen LogP contribution >= 0.6 is 0 Å². The molecule has 2 heterocycles. The van der Waals surface area contributed by atoms with E-state index >= 15 is 0 Å². The molecule has 3 N–H and O–H groups in total. The molecule has 0 spiro atoms. The van der Waals surface area contributed by atoms with E-state index in [1.807, 2.05) is 18.2 Å². The summed E-state index contributed by atoms with van der Waals surface area (Å²) in [6.45, 7) is 5.47. The predicted molar refractivity (Wildman–Crippen MR) is 98.0 cm³/mol. The molecule has 0 bridgehead atoms. The van der Waals surface area contributed by atoms with Crippen LogP contribution in [0.4, 0.5) is 0 Å². The van der Waals surface area contributed by atoms with Gasteiger partial charge in [-0.05, 0) is 23.3 Å². The summed E-state index contributed by atoms with van der Waals surface area (Å²) in [7, 11) is 0.